The van der Waals surface area contributed by atoms with Crippen LogP contribution in [0.1, 0.15) is 48.5 Å². The van der Waals surface area contributed by atoms with E-state index >= 15 is 0 Å². The summed E-state index contributed by atoms with van der Waals surface area (Å²) in [5.41, 5.74) is 2.08. The third-order valence-electron chi connectivity index (χ3n) is 3.63. The molecule has 0 fully saturated rings. The molecule has 1 aliphatic carbocycles. The predicted octanol–water partition coefficient (Wildman–Crippen LogP) is 3.41. The second kappa shape index (κ2) is 4.28. The molecule has 1 aromatic rings. The third-order valence-corrected chi connectivity index (χ3v) is 3.63. The fourth-order valence-corrected chi connectivity index (χ4v) is 2.77. The van der Waals surface area contributed by atoms with Gasteiger partial charge in [-0.05, 0) is 36.5 Å². The lowest BCUT2D eigenvalue weighted by Crippen LogP contribution is -2.11. The van der Waals surface area contributed by atoms with Gasteiger partial charge in [-0.1, -0.05) is 19.9 Å². The molecule has 0 aromatic heterocycles. The van der Waals surface area contributed by atoms with Crippen molar-refractivity contribution in [2.75, 3.05) is 7.11 Å². The quantitative estimate of drug-likeness (QED) is 0.777. The molecule has 2 nitrogen and oxygen atoms in total. The van der Waals surface area contributed by atoms with E-state index in [1.807, 2.05) is 12.1 Å². The molecule has 0 saturated carbocycles. The monoisotopic (exact) mass is 218 g/mol. The number of fused-ring (bicyclic) bond motifs is 1. The number of carbonyl (C=O) groups is 1. The summed E-state index contributed by atoms with van der Waals surface area (Å²) in [4.78, 5) is 12.2. The summed E-state index contributed by atoms with van der Waals surface area (Å²) in [7, 11) is 1.63. The van der Waals surface area contributed by atoms with Crippen LogP contribution in [0.25, 0.3) is 0 Å². The minimum absolute atomic E-state index is 0.173. The number of benzene rings is 1. The zero-order valence-electron chi connectivity index (χ0n) is 10.1. The Balaban J connectivity index is 2.48. The van der Waals surface area contributed by atoms with E-state index in [4.69, 9.17) is 4.74 Å². The van der Waals surface area contributed by atoms with E-state index in [2.05, 4.69) is 19.9 Å². The van der Waals surface area contributed by atoms with Crippen molar-refractivity contribution in [3.63, 3.8) is 0 Å². The van der Waals surface area contributed by atoms with Crippen LogP contribution in [0.15, 0.2) is 18.2 Å². The molecule has 0 heterocycles. The highest BCUT2D eigenvalue weighted by molar-refractivity contribution is 6.03. The van der Waals surface area contributed by atoms with Gasteiger partial charge in [-0.2, -0.15) is 0 Å². The molecule has 86 valence electrons. The van der Waals surface area contributed by atoms with Gasteiger partial charge in [-0.25, -0.2) is 0 Å². The Bertz CT molecular complexity index is 409. The van der Waals surface area contributed by atoms with Crippen molar-refractivity contribution in [1.82, 2.24) is 0 Å². The molecular formula is C14H18O2. The van der Waals surface area contributed by atoms with E-state index in [9.17, 15) is 4.79 Å². The molecule has 1 aliphatic rings. The number of methoxy groups -OCH3 is 1. The van der Waals surface area contributed by atoms with E-state index in [0.717, 1.165) is 24.2 Å². The van der Waals surface area contributed by atoms with Gasteiger partial charge in [0.2, 0.25) is 0 Å². The van der Waals surface area contributed by atoms with Crippen molar-refractivity contribution in [1.29, 1.82) is 0 Å². The lowest BCUT2D eigenvalue weighted by molar-refractivity contribution is 0.0918. The van der Waals surface area contributed by atoms with Crippen molar-refractivity contribution in [3.05, 3.63) is 29.3 Å². The summed E-state index contributed by atoms with van der Waals surface area (Å²) in [6, 6.07) is 5.89. The van der Waals surface area contributed by atoms with Crippen LogP contribution >= 0.6 is 0 Å². The average molecular weight is 218 g/mol. The van der Waals surface area contributed by atoms with Gasteiger partial charge in [-0.3, -0.25) is 4.79 Å². The third kappa shape index (κ3) is 1.53. The molecule has 0 spiro atoms. The van der Waals surface area contributed by atoms with Gasteiger partial charge in [0.15, 0.2) is 5.78 Å². The SMILES string of the molecule is CC[C@H]1C(=O)c2cc(OC)ccc2[C@@H]1CC. The Morgan fingerprint density at radius 1 is 1.19 bits per heavy atom. The smallest absolute Gasteiger partial charge is 0.166 e. The van der Waals surface area contributed by atoms with Crippen LogP contribution in [-0.4, -0.2) is 12.9 Å². The van der Waals surface area contributed by atoms with Gasteiger partial charge in [0.05, 0.1) is 7.11 Å². The first-order valence-electron chi connectivity index (χ1n) is 5.95. The van der Waals surface area contributed by atoms with Crippen LogP contribution in [0.5, 0.6) is 5.75 Å². The molecule has 0 aliphatic heterocycles. The van der Waals surface area contributed by atoms with Crippen molar-refractivity contribution in [2.24, 2.45) is 5.92 Å². The minimum Gasteiger partial charge on any atom is -0.497 e. The molecule has 2 rings (SSSR count). The van der Waals surface area contributed by atoms with E-state index in [1.165, 1.54) is 5.56 Å². The number of hydrogen-bond acceptors (Lipinski definition) is 2. The number of carbonyl (C=O) groups excluding carboxylic acids is 1. The molecule has 2 atom stereocenters. The molecule has 0 unspecified atom stereocenters. The first-order valence-corrected chi connectivity index (χ1v) is 5.95. The Hall–Kier alpha value is -1.31. The Kier molecular flexibility index (Phi) is 2.99. The predicted molar refractivity (Wildman–Crippen MR) is 64.1 cm³/mol. The molecule has 16 heavy (non-hydrogen) atoms. The number of rotatable bonds is 3. The zero-order chi connectivity index (χ0) is 11.7. The highest BCUT2D eigenvalue weighted by atomic mass is 16.5. The van der Waals surface area contributed by atoms with Crippen molar-refractivity contribution in [2.45, 2.75) is 32.6 Å². The molecule has 0 N–H and O–H groups in total. The summed E-state index contributed by atoms with van der Waals surface area (Å²) in [6.45, 7) is 4.24. The van der Waals surface area contributed by atoms with Gasteiger partial charge in [-0.15, -0.1) is 0 Å². The van der Waals surface area contributed by atoms with Crippen LogP contribution in [0.2, 0.25) is 0 Å². The van der Waals surface area contributed by atoms with Crippen LogP contribution < -0.4 is 4.74 Å². The molecule has 2 heteroatoms. The maximum absolute atomic E-state index is 12.2. The Labute approximate surface area is 96.6 Å². The summed E-state index contributed by atoms with van der Waals surface area (Å²) >= 11 is 0. The second-order valence-corrected chi connectivity index (χ2v) is 4.35. The Morgan fingerprint density at radius 2 is 1.88 bits per heavy atom. The van der Waals surface area contributed by atoms with Gasteiger partial charge >= 0.3 is 0 Å². The van der Waals surface area contributed by atoms with E-state index in [0.29, 0.717) is 11.7 Å². The zero-order valence-corrected chi connectivity index (χ0v) is 10.1. The van der Waals surface area contributed by atoms with Crippen LogP contribution in [-0.2, 0) is 0 Å². The summed E-state index contributed by atoms with van der Waals surface area (Å²) in [6.07, 6.45) is 1.96. The largest absolute Gasteiger partial charge is 0.497 e. The maximum atomic E-state index is 12.2. The summed E-state index contributed by atoms with van der Waals surface area (Å²) in [5, 5.41) is 0. The molecule has 1 aromatic carbocycles. The van der Waals surface area contributed by atoms with Gasteiger partial charge < -0.3 is 4.74 Å². The molecule has 0 amide bonds. The highest BCUT2D eigenvalue weighted by Gasteiger charge is 2.37. The van der Waals surface area contributed by atoms with Crippen LogP contribution in [0.4, 0.5) is 0 Å². The van der Waals surface area contributed by atoms with Crippen molar-refractivity contribution in [3.8, 4) is 5.75 Å². The van der Waals surface area contributed by atoms with Crippen LogP contribution in [0.3, 0.4) is 0 Å². The van der Waals surface area contributed by atoms with Gasteiger partial charge in [0.1, 0.15) is 5.75 Å². The summed E-state index contributed by atoms with van der Waals surface area (Å²) < 4.78 is 5.17. The van der Waals surface area contributed by atoms with Gasteiger partial charge in [0, 0.05) is 11.5 Å². The summed E-state index contributed by atoms with van der Waals surface area (Å²) in [5.74, 6) is 1.65. The standard InChI is InChI=1S/C14H18O2/c1-4-10-11(5-2)14(15)13-8-9(16-3)6-7-12(10)13/h6-8,10-11H,4-5H2,1-3H3/t10-,11-/m1/s1. The minimum atomic E-state index is 0.173. The second-order valence-electron chi connectivity index (χ2n) is 4.35. The normalized spacial score (nSPS) is 23.3. The molecule has 0 radical (unpaired) electrons. The van der Waals surface area contributed by atoms with E-state index in [1.54, 1.807) is 7.11 Å². The van der Waals surface area contributed by atoms with Crippen molar-refractivity contribution >= 4 is 5.78 Å². The van der Waals surface area contributed by atoms with Gasteiger partial charge in [0.25, 0.3) is 0 Å². The molecule has 0 bridgehead atoms. The van der Waals surface area contributed by atoms with E-state index < -0.39 is 0 Å². The number of hydrogen-bond donors (Lipinski definition) is 0. The first-order chi connectivity index (χ1) is 7.72. The highest BCUT2D eigenvalue weighted by Crippen LogP contribution is 2.42. The maximum Gasteiger partial charge on any atom is 0.166 e. The fraction of sp³-hybridized carbons (Fsp3) is 0.500. The van der Waals surface area contributed by atoms with Crippen molar-refractivity contribution < 1.29 is 9.53 Å². The Morgan fingerprint density at radius 3 is 2.44 bits per heavy atom. The lowest BCUT2D eigenvalue weighted by atomic mass is 9.88. The number of Topliss-reactive ketones (excluding diaryl/α,β-unsaturated/α-hetero) is 1. The molecular weight excluding hydrogens is 200 g/mol. The molecule has 0 saturated heterocycles. The number of ether oxygens (including phenoxy) is 1. The van der Waals surface area contributed by atoms with E-state index in [-0.39, 0.29) is 5.92 Å². The number of ketones is 1. The fourth-order valence-electron chi connectivity index (χ4n) is 2.77. The lowest BCUT2D eigenvalue weighted by Gasteiger charge is -2.15. The topological polar surface area (TPSA) is 26.3 Å². The average Bonchev–Trinajstić information content (AvgIpc) is 2.60. The van der Waals surface area contributed by atoms with Crippen LogP contribution in [0, 0.1) is 5.92 Å². The first kappa shape index (κ1) is 11.2.